The molecule has 0 amide bonds. The monoisotopic (exact) mass is 206 g/mol. The Balaban J connectivity index is 2.09. The number of allylic oxidation sites excluding steroid dienone is 2. The Labute approximate surface area is 87.9 Å². The van der Waals surface area contributed by atoms with Crippen LogP contribution in [0.5, 0.6) is 0 Å². The molecule has 2 aliphatic carbocycles. The molecule has 14 heavy (non-hydrogen) atoms. The lowest BCUT2D eigenvalue weighted by molar-refractivity contribution is 0.274. The van der Waals surface area contributed by atoms with Crippen molar-refractivity contribution in [3.8, 4) is 0 Å². The van der Waals surface area contributed by atoms with Gasteiger partial charge in [-0.15, -0.1) is 13.2 Å². The van der Waals surface area contributed by atoms with Crippen molar-refractivity contribution in [1.82, 2.24) is 0 Å². The number of hydrogen-bond acceptors (Lipinski definition) is 1. The molecule has 2 aliphatic rings. The second-order valence-electron chi connectivity index (χ2n) is 4.65. The van der Waals surface area contributed by atoms with E-state index in [1.54, 1.807) is 0 Å². The standard InChI is InChI=1S/C12H18OSi/c1-4-14(5-2)13-11-8-10-6-7-12(11,3)9-10/h4-5,8,10,14H,1-2,6-7,9H2,3H3. The van der Waals surface area contributed by atoms with Crippen LogP contribution in [-0.2, 0) is 4.43 Å². The third-order valence-corrected chi connectivity index (χ3v) is 4.94. The second-order valence-corrected chi connectivity index (χ2v) is 6.76. The van der Waals surface area contributed by atoms with Crippen LogP contribution in [0.25, 0.3) is 0 Å². The van der Waals surface area contributed by atoms with Gasteiger partial charge in [-0.05, 0) is 31.3 Å². The first kappa shape index (κ1) is 9.78. The van der Waals surface area contributed by atoms with Crippen molar-refractivity contribution < 1.29 is 4.43 Å². The third kappa shape index (κ3) is 1.48. The van der Waals surface area contributed by atoms with Gasteiger partial charge in [0.05, 0.1) is 5.76 Å². The minimum absolute atomic E-state index is 0.335. The molecule has 2 unspecified atom stereocenters. The van der Waals surface area contributed by atoms with Gasteiger partial charge in [0, 0.05) is 5.41 Å². The lowest BCUT2D eigenvalue weighted by Gasteiger charge is -2.27. The highest BCUT2D eigenvalue weighted by Gasteiger charge is 2.44. The van der Waals surface area contributed by atoms with E-state index >= 15 is 0 Å². The van der Waals surface area contributed by atoms with E-state index in [1.807, 2.05) is 11.4 Å². The van der Waals surface area contributed by atoms with Crippen molar-refractivity contribution in [3.05, 3.63) is 36.4 Å². The molecule has 2 atom stereocenters. The molecule has 1 nitrogen and oxygen atoms in total. The van der Waals surface area contributed by atoms with Crippen LogP contribution in [0.2, 0.25) is 0 Å². The summed E-state index contributed by atoms with van der Waals surface area (Å²) in [6.07, 6.45) is 6.25. The van der Waals surface area contributed by atoms with E-state index in [0.717, 1.165) is 5.92 Å². The smallest absolute Gasteiger partial charge is 0.283 e. The zero-order valence-corrected chi connectivity index (χ0v) is 9.99. The molecule has 0 aromatic carbocycles. The van der Waals surface area contributed by atoms with Crippen LogP contribution in [0.4, 0.5) is 0 Å². The highest BCUT2D eigenvalue weighted by molar-refractivity contribution is 6.63. The maximum Gasteiger partial charge on any atom is 0.283 e. The Kier molecular flexibility index (Phi) is 2.39. The number of hydrogen-bond donors (Lipinski definition) is 0. The molecule has 0 heterocycles. The largest absolute Gasteiger partial charge is 0.542 e. The zero-order chi connectivity index (χ0) is 10.2. The number of fused-ring (bicyclic) bond motifs is 2. The van der Waals surface area contributed by atoms with E-state index in [1.165, 1.54) is 25.0 Å². The van der Waals surface area contributed by atoms with Gasteiger partial charge in [-0.1, -0.05) is 18.3 Å². The van der Waals surface area contributed by atoms with Crippen LogP contribution in [0, 0.1) is 11.3 Å². The maximum atomic E-state index is 6.01. The van der Waals surface area contributed by atoms with Crippen molar-refractivity contribution >= 4 is 9.04 Å². The minimum atomic E-state index is -1.36. The van der Waals surface area contributed by atoms with Crippen molar-refractivity contribution in [2.24, 2.45) is 11.3 Å². The molecule has 2 heteroatoms. The molecular weight excluding hydrogens is 188 g/mol. The fourth-order valence-corrected chi connectivity index (χ4v) is 3.63. The first-order valence-electron chi connectivity index (χ1n) is 5.32. The highest BCUT2D eigenvalue weighted by Crippen LogP contribution is 2.53. The number of rotatable bonds is 4. The summed E-state index contributed by atoms with van der Waals surface area (Å²) in [6.45, 7) is 9.92. The molecule has 0 aromatic heterocycles. The first-order valence-corrected chi connectivity index (χ1v) is 7.12. The van der Waals surface area contributed by atoms with E-state index in [-0.39, 0.29) is 0 Å². The van der Waals surface area contributed by atoms with Gasteiger partial charge < -0.3 is 4.43 Å². The van der Waals surface area contributed by atoms with Crippen LogP contribution in [-0.4, -0.2) is 9.04 Å². The zero-order valence-electron chi connectivity index (χ0n) is 8.83. The van der Waals surface area contributed by atoms with Gasteiger partial charge in [-0.25, -0.2) is 0 Å². The van der Waals surface area contributed by atoms with Gasteiger partial charge >= 0.3 is 0 Å². The highest BCUT2D eigenvalue weighted by atomic mass is 28.3. The molecule has 76 valence electrons. The van der Waals surface area contributed by atoms with Gasteiger partial charge in [0.2, 0.25) is 0 Å². The average Bonchev–Trinajstić information content (AvgIpc) is 2.69. The summed E-state index contributed by atoms with van der Waals surface area (Å²) in [7, 11) is -1.36. The van der Waals surface area contributed by atoms with Crippen LogP contribution in [0.15, 0.2) is 36.4 Å². The lowest BCUT2D eigenvalue weighted by atomic mass is 9.89. The fourth-order valence-electron chi connectivity index (χ4n) is 2.59. The first-order chi connectivity index (χ1) is 6.68. The Morgan fingerprint density at radius 3 is 2.71 bits per heavy atom. The summed E-state index contributed by atoms with van der Waals surface area (Å²) in [5.74, 6) is 2.00. The van der Waals surface area contributed by atoms with Crippen molar-refractivity contribution in [1.29, 1.82) is 0 Å². The molecular formula is C12H18OSi. The predicted octanol–water partition coefficient (Wildman–Crippen LogP) is 2.88. The Morgan fingerprint density at radius 1 is 1.57 bits per heavy atom. The average molecular weight is 206 g/mol. The minimum Gasteiger partial charge on any atom is -0.542 e. The van der Waals surface area contributed by atoms with Gasteiger partial charge in [0.25, 0.3) is 9.04 Å². The van der Waals surface area contributed by atoms with E-state index in [2.05, 4.69) is 26.2 Å². The maximum absolute atomic E-state index is 6.01. The fraction of sp³-hybridized carbons (Fsp3) is 0.500. The molecule has 2 rings (SSSR count). The van der Waals surface area contributed by atoms with Crippen LogP contribution in [0.3, 0.4) is 0 Å². The molecule has 0 spiro atoms. The molecule has 0 aromatic rings. The van der Waals surface area contributed by atoms with E-state index < -0.39 is 9.04 Å². The van der Waals surface area contributed by atoms with Crippen LogP contribution in [0.1, 0.15) is 26.2 Å². The molecule has 1 fully saturated rings. The molecule has 2 bridgehead atoms. The molecule has 0 N–H and O–H groups in total. The summed E-state index contributed by atoms with van der Waals surface area (Å²) in [4.78, 5) is 0. The summed E-state index contributed by atoms with van der Waals surface area (Å²) in [5.41, 5.74) is 4.20. The van der Waals surface area contributed by atoms with Gasteiger partial charge in [0.1, 0.15) is 0 Å². The van der Waals surface area contributed by atoms with Gasteiger partial charge in [-0.3, -0.25) is 0 Å². The van der Waals surface area contributed by atoms with Crippen molar-refractivity contribution in [3.63, 3.8) is 0 Å². The molecule has 0 aliphatic heterocycles. The summed E-state index contributed by atoms with van der Waals surface area (Å²) in [6, 6.07) is 0. The quantitative estimate of drug-likeness (QED) is 0.643. The summed E-state index contributed by atoms with van der Waals surface area (Å²) < 4.78 is 6.01. The van der Waals surface area contributed by atoms with Gasteiger partial charge in [-0.2, -0.15) is 0 Å². The topological polar surface area (TPSA) is 9.23 Å². The second kappa shape index (κ2) is 3.43. The van der Waals surface area contributed by atoms with E-state index in [4.69, 9.17) is 4.43 Å². The Hall–Kier alpha value is -0.763. The lowest BCUT2D eigenvalue weighted by Crippen LogP contribution is -2.21. The van der Waals surface area contributed by atoms with Crippen molar-refractivity contribution in [2.45, 2.75) is 26.2 Å². The van der Waals surface area contributed by atoms with Crippen LogP contribution < -0.4 is 0 Å². The van der Waals surface area contributed by atoms with E-state index in [9.17, 15) is 0 Å². The molecule has 1 saturated carbocycles. The Bertz CT molecular complexity index is 287. The molecule has 0 radical (unpaired) electrons. The summed E-state index contributed by atoms with van der Waals surface area (Å²) in [5, 5.41) is 0. The van der Waals surface area contributed by atoms with E-state index in [0.29, 0.717) is 5.41 Å². The third-order valence-electron chi connectivity index (χ3n) is 3.49. The molecule has 0 saturated heterocycles. The van der Waals surface area contributed by atoms with Crippen molar-refractivity contribution in [2.75, 3.05) is 0 Å². The SMILES string of the molecule is C=C[SiH](C=C)OC1=CC2CCC1(C)C2. The summed E-state index contributed by atoms with van der Waals surface area (Å²) >= 11 is 0. The Morgan fingerprint density at radius 2 is 2.29 bits per heavy atom. The normalized spacial score (nSPS) is 34.4. The predicted molar refractivity (Wildman–Crippen MR) is 62.2 cm³/mol. The van der Waals surface area contributed by atoms with Gasteiger partial charge in [0.15, 0.2) is 0 Å². The van der Waals surface area contributed by atoms with Crippen LogP contribution >= 0.6 is 0 Å².